The molecule has 6 rings (SSSR count). The van der Waals surface area contributed by atoms with Gasteiger partial charge >= 0.3 is 12.2 Å². The van der Waals surface area contributed by atoms with Gasteiger partial charge in [-0.25, -0.2) is 9.59 Å². The minimum Gasteiger partial charge on any atom is -0.465 e. The van der Waals surface area contributed by atoms with Crippen LogP contribution in [0, 0.1) is 29.1 Å². The Balaban J connectivity index is 1.32. The van der Waals surface area contributed by atoms with Crippen molar-refractivity contribution in [3.8, 4) is 0 Å². The Labute approximate surface area is 187 Å². The minimum atomic E-state index is -0.949. The van der Waals surface area contributed by atoms with E-state index in [1.165, 1.54) is 4.90 Å². The highest BCUT2D eigenvalue weighted by atomic mass is 16.5. The molecule has 3 unspecified atom stereocenters. The van der Waals surface area contributed by atoms with Crippen LogP contribution in [0.3, 0.4) is 0 Å². The lowest BCUT2D eigenvalue weighted by Gasteiger charge is -2.61. The van der Waals surface area contributed by atoms with E-state index in [-0.39, 0.29) is 42.4 Å². The van der Waals surface area contributed by atoms with Gasteiger partial charge in [-0.05, 0) is 67.8 Å². The largest absolute Gasteiger partial charge is 0.465 e. The van der Waals surface area contributed by atoms with Gasteiger partial charge in [-0.3, -0.25) is 4.79 Å². The van der Waals surface area contributed by atoms with E-state index in [1.54, 1.807) is 0 Å². The molecule has 1 heterocycles. The second-order valence-corrected chi connectivity index (χ2v) is 10.3. The van der Waals surface area contributed by atoms with E-state index < -0.39 is 17.6 Å². The highest BCUT2D eigenvalue weighted by Crippen LogP contribution is 2.63. The van der Waals surface area contributed by atoms with E-state index in [2.05, 4.69) is 5.32 Å². The van der Waals surface area contributed by atoms with Crippen molar-refractivity contribution in [2.24, 2.45) is 34.8 Å². The zero-order valence-electron chi connectivity index (χ0n) is 18.1. The highest BCUT2D eigenvalue weighted by molar-refractivity contribution is 5.81. The second-order valence-electron chi connectivity index (χ2n) is 10.3. The van der Waals surface area contributed by atoms with Crippen molar-refractivity contribution in [2.75, 3.05) is 6.54 Å². The summed E-state index contributed by atoms with van der Waals surface area (Å²) in [6.45, 7) is 0.564. The summed E-state index contributed by atoms with van der Waals surface area (Å²) in [5, 5.41) is 12.9. The first-order valence-corrected chi connectivity index (χ1v) is 11.6. The van der Waals surface area contributed by atoms with Crippen LogP contribution in [0.2, 0.25) is 0 Å². The van der Waals surface area contributed by atoms with E-state index in [0.717, 1.165) is 37.7 Å². The molecule has 0 radical (unpaired) electrons. The van der Waals surface area contributed by atoms with Crippen LogP contribution in [0.15, 0.2) is 30.3 Å². The Bertz CT molecular complexity index is 890. The van der Waals surface area contributed by atoms with Gasteiger partial charge in [0.05, 0.1) is 12.1 Å². The van der Waals surface area contributed by atoms with Gasteiger partial charge in [-0.2, -0.15) is 0 Å². The molecule has 5 aliphatic rings. The van der Waals surface area contributed by atoms with Crippen molar-refractivity contribution < 1.29 is 24.2 Å². The maximum absolute atomic E-state index is 12.6. The number of carbonyl (C=O) groups is 3. The fourth-order valence-corrected chi connectivity index (χ4v) is 7.51. The number of ether oxygens (including phenoxy) is 1. The number of amides is 3. The van der Waals surface area contributed by atoms with Crippen LogP contribution >= 0.6 is 0 Å². The quantitative estimate of drug-likeness (QED) is 0.648. The molecule has 8 heteroatoms. The fraction of sp³-hybridized carbons (Fsp3) is 0.625. The topological polar surface area (TPSA) is 122 Å². The SMILES string of the molecule is NC(=O)C12CC3CC(C1)C([C@@H]1C(NC(=O)OCc4ccccc4)CCN1C(=O)O)C(C3)C2. The van der Waals surface area contributed by atoms with Gasteiger partial charge in [0, 0.05) is 12.0 Å². The van der Waals surface area contributed by atoms with Crippen LogP contribution in [0.5, 0.6) is 0 Å². The summed E-state index contributed by atoms with van der Waals surface area (Å²) in [6, 6.07) is 8.87. The average Bonchev–Trinajstić information content (AvgIpc) is 3.16. The summed E-state index contributed by atoms with van der Waals surface area (Å²) in [5.41, 5.74) is 6.30. The summed E-state index contributed by atoms with van der Waals surface area (Å²) in [5.74, 6) is 0.970. The Morgan fingerprint density at radius 3 is 2.44 bits per heavy atom. The van der Waals surface area contributed by atoms with Crippen LogP contribution in [0.25, 0.3) is 0 Å². The molecule has 4 atom stereocenters. The molecule has 5 fully saturated rings. The first-order valence-electron chi connectivity index (χ1n) is 11.6. The molecule has 1 aromatic carbocycles. The van der Waals surface area contributed by atoms with E-state index >= 15 is 0 Å². The second kappa shape index (κ2) is 7.98. The van der Waals surface area contributed by atoms with Crippen LogP contribution in [-0.4, -0.2) is 46.7 Å². The third-order valence-electron chi connectivity index (χ3n) is 8.48. The van der Waals surface area contributed by atoms with Gasteiger partial charge in [-0.1, -0.05) is 30.3 Å². The first-order chi connectivity index (χ1) is 15.4. The number of nitrogens with two attached hydrogens (primary N) is 1. The van der Waals surface area contributed by atoms with Gasteiger partial charge in [0.15, 0.2) is 0 Å². The monoisotopic (exact) mass is 441 g/mol. The summed E-state index contributed by atoms with van der Waals surface area (Å²) >= 11 is 0. The number of nitrogens with one attached hydrogen (secondary N) is 1. The zero-order chi connectivity index (χ0) is 22.5. The average molecular weight is 442 g/mol. The van der Waals surface area contributed by atoms with Crippen molar-refractivity contribution in [2.45, 2.75) is 57.2 Å². The molecule has 0 aromatic heterocycles. The maximum atomic E-state index is 12.6. The van der Waals surface area contributed by atoms with Crippen LogP contribution in [0.1, 0.15) is 44.1 Å². The molecule has 4 aliphatic carbocycles. The van der Waals surface area contributed by atoms with E-state index in [4.69, 9.17) is 10.5 Å². The van der Waals surface area contributed by atoms with Gasteiger partial charge in [-0.15, -0.1) is 0 Å². The smallest absolute Gasteiger partial charge is 0.407 e. The number of likely N-dealkylation sites (tertiary alicyclic amines) is 1. The van der Waals surface area contributed by atoms with Crippen LogP contribution in [0.4, 0.5) is 9.59 Å². The Morgan fingerprint density at radius 2 is 1.81 bits per heavy atom. The number of alkyl carbamates (subject to hydrolysis) is 1. The lowest BCUT2D eigenvalue weighted by Crippen LogP contribution is -2.62. The Kier molecular flexibility index (Phi) is 5.26. The Morgan fingerprint density at radius 1 is 1.12 bits per heavy atom. The molecular weight excluding hydrogens is 410 g/mol. The number of carboxylic acid groups (broad SMARTS) is 1. The van der Waals surface area contributed by atoms with E-state index in [1.807, 2.05) is 30.3 Å². The third-order valence-corrected chi connectivity index (χ3v) is 8.48. The molecule has 4 N–H and O–H groups in total. The normalized spacial score (nSPS) is 37.3. The van der Waals surface area contributed by atoms with Gasteiger partial charge < -0.3 is 25.8 Å². The molecule has 4 bridgehead atoms. The van der Waals surface area contributed by atoms with E-state index in [0.29, 0.717) is 18.9 Å². The number of carbonyl (C=O) groups excluding carboxylic acids is 2. The first kappa shape index (κ1) is 21.1. The van der Waals surface area contributed by atoms with Crippen molar-refractivity contribution in [1.29, 1.82) is 0 Å². The van der Waals surface area contributed by atoms with E-state index in [9.17, 15) is 19.5 Å². The summed E-state index contributed by atoms with van der Waals surface area (Å²) in [4.78, 5) is 38.4. The van der Waals surface area contributed by atoms with Crippen molar-refractivity contribution in [3.05, 3.63) is 35.9 Å². The molecule has 8 nitrogen and oxygen atoms in total. The molecule has 172 valence electrons. The zero-order valence-corrected chi connectivity index (χ0v) is 18.1. The minimum absolute atomic E-state index is 0.136. The lowest BCUT2D eigenvalue weighted by molar-refractivity contribution is -0.154. The molecule has 3 amide bonds. The lowest BCUT2D eigenvalue weighted by atomic mass is 9.44. The molecular formula is C24H31N3O5. The Hall–Kier alpha value is -2.77. The number of nitrogens with zero attached hydrogens (tertiary/aromatic N) is 1. The standard InChI is InChI=1S/C24H31N3O5/c25-21(28)24-10-15-8-16(11-24)19(17(9-15)12-24)20-18(6-7-27(20)23(30)31)26-22(29)32-13-14-4-2-1-3-5-14/h1-5,15-20H,6-13H2,(H2,25,28)(H,26,29)(H,30,31)/t15?,16?,17?,18?,19?,20-,24?/m0/s1. The molecule has 4 saturated carbocycles. The molecule has 1 saturated heterocycles. The molecule has 0 spiro atoms. The molecule has 1 aromatic rings. The number of hydrogen-bond donors (Lipinski definition) is 3. The van der Waals surface area contributed by atoms with Crippen molar-refractivity contribution in [3.63, 3.8) is 0 Å². The van der Waals surface area contributed by atoms with Crippen molar-refractivity contribution in [1.82, 2.24) is 10.2 Å². The van der Waals surface area contributed by atoms with Gasteiger partial charge in [0.25, 0.3) is 0 Å². The number of benzene rings is 1. The number of rotatable bonds is 5. The predicted octanol–water partition coefficient (Wildman–Crippen LogP) is 2.96. The highest BCUT2D eigenvalue weighted by Gasteiger charge is 2.61. The predicted molar refractivity (Wildman–Crippen MR) is 115 cm³/mol. The maximum Gasteiger partial charge on any atom is 0.407 e. The van der Waals surface area contributed by atoms with Gasteiger partial charge in [0.2, 0.25) is 5.91 Å². The van der Waals surface area contributed by atoms with Crippen LogP contribution in [-0.2, 0) is 16.1 Å². The van der Waals surface area contributed by atoms with Crippen LogP contribution < -0.4 is 11.1 Å². The third kappa shape index (κ3) is 3.59. The summed E-state index contributed by atoms with van der Waals surface area (Å²) in [6.07, 6.45) is 3.51. The van der Waals surface area contributed by atoms with Crippen molar-refractivity contribution >= 4 is 18.1 Å². The summed E-state index contributed by atoms with van der Waals surface area (Å²) in [7, 11) is 0. The number of hydrogen-bond acceptors (Lipinski definition) is 4. The van der Waals surface area contributed by atoms with Gasteiger partial charge in [0.1, 0.15) is 6.61 Å². The summed E-state index contributed by atoms with van der Waals surface area (Å²) < 4.78 is 5.41. The molecule has 1 aliphatic heterocycles. The fourth-order valence-electron chi connectivity index (χ4n) is 7.51. The molecule has 32 heavy (non-hydrogen) atoms. The number of primary amides is 1.